The summed E-state index contributed by atoms with van der Waals surface area (Å²) in [4.78, 5) is 13.2. The van der Waals surface area contributed by atoms with Crippen LogP contribution in [0.1, 0.15) is 20.3 Å². The van der Waals surface area contributed by atoms with E-state index in [1.54, 1.807) is 11.0 Å². The molecule has 3 nitrogen and oxygen atoms in total. The van der Waals surface area contributed by atoms with Gasteiger partial charge >= 0.3 is 6.09 Å². The van der Waals surface area contributed by atoms with Crippen LogP contribution >= 0.6 is 0 Å². The lowest BCUT2D eigenvalue weighted by molar-refractivity contribution is 0.164. The fourth-order valence-corrected chi connectivity index (χ4v) is 1.63. The molecule has 1 heterocycles. The van der Waals surface area contributed by atoms with Crippen molar-refractivity contribution in [3.8, 4) is 0 Å². The van der Waals surface area contributed by atoms with Gasteiger partial charge in [-0.05, 0) is 5.92 Å². The average molecular weight is 207 g/mol. The van der Waals surface area contributed by atoms with Gasteiger partial charge in [0, 0.05) is 6.42 Å². The molecule has 0 N–H and O–H groups in total. The second kappa shape index (κ2) is 4.85. The van der Waals surface area contributed by atoms with Crippen molar-refractivity contribution in [2.24, 2.45) is 5.92 Å². The molecular weight excluding hydrogens is 190 g/mol. The van der Waals surface area contributed by atoms with Gasteiger partial charge in [-0.2, -0.15) is 0 Å². The van der Waals surface area contributed by atoms with Gasteiger partial charge in [-0.25, -0.2) is 4.79 Å². The molecule has 3 heteroatoms. The van der Waals surface area contributed by atoms with Crippen molar-refractivity contribution in [2.45, 2.75) is 26.3 Å². The maximum Gasteiger partial charge on any atom is 0.414 e. The molecule has 0 aromatic rings. The van der Waals surface area contributed by atoms with Crippen LogP contribution in [0.15, 0.2) is 30.7 Å². The number of amides is 1. The first kappa shape index (κ1) is 11.6. The van der Waals surface area contributed by atoms with E-state index < -0.39 is 0 Å². The van der Waals surface area contributed by atoms with Crippen LogP contribution in [0.2, 0.25) is 0 Å². The molecule has 0 aromatic heterocycles. The van der Waals surface area contributed by atoms with Gasteiger partial charge < -0.3 is 4.74 Å². The molecule has 82 valence electrons. The van der Waals surface area contributed by atoms with E-state index in [-0.39, 0.29) is 12.1 Å². The number of allylic oxidation sites excluding steroid dienone is 1. The van der Waals surface area contributed by atoms with Crippen LogP contribution in [0.4, 0.5) is 4.79 Å². The van der Waals surface area contributed by atoms with E-state index in [1.807, 2.05) is 0 Å². The summed E-state index contributed by atoms with van der Waals surface area (Å²) in [6.45, 7) is 11.8. The third-order valence-corrected chi connectivity index (χ3v) is 2.51. The van der Waals surface area contributed by atoms with Crippen molar-refractivity contribution >= 4 is 6.09 Å². The lowest BCUT2D eigenvalue weighted by atomic mass is 10.0. The summed E-state index contributed by atoms with van der Waals surface area (Å²) >= 11 is 0. The summed E-state index contributed by atoms with van der Waals surface area (Å²) in [5.41, 5.74) is 3.52. The molecular formula is C12H17NO2. The number of hydrogen-bond acceptors (Lipinski definition) is 2. The number of cyclic esters (lactones) is 1. The van der Waals surface area contributed by atoms with Crippen LogP contribution < -0.4 is 0 Å². The Bertz CT molecular complexity index is 314. The summed E-state index contributed by atoms with van der Waals surface area (Å²) in [6.07, 6.45) is 2.01. The van der Waals surface area contributed by atoms with Gasteiger partial charge in [0.05, 0.1) is 11.7 Å². The maximum absolute atomic E-state index is 11.5. The second-order valence-electron chi connectivity index (χ2n) is 3.87. The molecule has 1 atom stereocenters. The summed E-state index contributed by atoms with van der Waals surface area (Å²) in [7, 11) is 0. The average Bonchev–Trinajstić information content (AvgIpc) is 2.57. The van der Waals surface area contributed by atoms with Crippen molar-refractivity contribution in [1.82, 2.24) is 4.90 Å². The number of nitrogens with zero attached hydrogens (tertiary/aromatic N) is 1. The van der Waals surface area contributed by atoms with Crippen molar-refractivity contribution in [2.75, 3.05) is 6.61 Å². The molecule has 0 aromatic carbocycles. The highest BCUT2D eigenvalue weighted by molar-refractivity contribution is 5.72. The number of carbonyl (C=O) groups excluding carboxylic acids is 1. The van der Waals surface area contributed by atoms with Crippen LogP contribution in [-0.4, -0.2) is 23.6 Å². The van der Waals surface area contributed by atoms with Crippen LogP contribution in [0.5, 0.6) is 0 Å². The third kappa shape index (κ3) is 2.31. The molecule has 1 aliphatic heterocycles. The van der Waals surface area contributed by atoms with E-state index in [9.17, 15) is 4.79 Å². The molecule has 0 bridgehead atoms. The van der Waals surface area contributed by atoms with Crippen molar-refractivity contribution in [3.05, 3.63) is 30.7 Å². The summed E-state index contributed by atoms with van der Waals surface area (Å²) in [5.74, 6) is 0.351. The third-order valence-electron chi connectivity index (χ3n) is 2.51. The fraction of sp³-hybridized carbons (Fsp3) is 0.500. The van der Waals surface area contributed by atoms with Crippen LogP contribution in [-0.2, 0) is 4.74 Å². The SMILES string of the molecule is C=C=C(CC=C)N1C(=O)OC[C@@H]1C(C)C. The number of hydrogen-bond donors (Lipinski definition) is 0. The van der Waals surface area contributed by atoms with Crippen LogP contribution in [0, 0.1) is 5.92 Å². The molecule has 1 saturated heterocycles. The van der Waals surface area contributed by atoms with E-state index in [0.717, 1.165) is 5.70 Å². The summed E-state index contributed by atoms with van der Waals surface area (Å²) in [5, 5.41) is 0. The van der Waals surface area contributed by atoms with Gasteiger partial charge in [0.1, 0.15) is 6.61 Å². The molecule has 1 amide bonds. The normalized spacial score (nSPS) is 20.1. The first-order chi connectivity index (χ1) is 7.11. The molecule has 1 fully saturated rings. The fourth-order valence-electron chi connectivity index (χ4n) is 1.63. The lowest BCUT2D eigenvalue weighted by Gasteiger charge is -2.24. The zero-order valence-electron chi connectivity index (χ0n) is 9.32. The molecule has 0 unspecified atom stereocenters. The standard InChI is InChI=1S/C12H17NO2/c1-5-7-10(6-2)13-11(9(3)4)8-15-12(13)14/h5,9,11H,1-2,7-8H2,3-4H3/t11-/m1/s1. The Kier molecular flexibility index (Phi) is 3.75. The highest BCUT2D eigenvalue weighted by Crippen LogP contribution is 2.25. The Labute approximate surface area is 90.7 Å². The molecule has 1 rings (SSSR count). The monoisotopic (exact) mass is 207 g/mol. The van der Waals surface area contributed by atoms with Gasteiger partial charge in [0.15, 0.2) is 0 Å². The quantitative estimate of drug-likeness (QED) is 0.524. The predicted octanol–water partition coefficient (Wildman–Crippen LogP) is 2.71. The zero-order chi connectivity index (χ0) is 11.4. The van der Waals surface area contributed by atoms with Crippen molar-refractivity contribution < 1.29 is 9.53 Å². The van der Waals surface area contributed by atoms with Gasteiger partial charge in [-0.3, -0.25) is 4.90 Å². The predicted molar refractivity (Wildman–Crippen MR) is 59.3 cm³/mol. The van der Waals surface area contributed by atoms with E-state index in [1.165, 1.54) is 0 Å². The molecule has 0 spiro atoms. The van der Waals surface area contributed by atoms with Gasteiger partial charge in [-0.15, -0.1) is 12.3 Å². The summed E-state index contributed by atoms with van der Waals surface area (Å²) < 4.78 is 5.03. The minimum atomic E-state index is -0.304. The number of ether oxygens (including phenoxy) is 1. The molecule has 1 aliphatic rings. The number of carbonyl (C=O) groups is 1. The van der Waals surface area contributed by atoms with Crippen LogP contribution in [0.25, 0.3) is 0 Å². The molecule has 0 aliphatic carbocycles. The van der Waals surface area contributed by atoms with Gasteiger partial charge in [0.2, 0.25) is 0 Å². The van der Waals surface area contributed by atoms with E-state index in [4.69, 9.17) is 4.74 Å². The lowest BCUT2D eigenvalue weighted by Crippen LogP contribution is -2.36. The highest BCUT2D eigenvalue weighted by atomic mass is 16.6. The minimum Gasteiger partial charge on any atom is -0.447 e. The van der Waals surface area contributed by atoms with Gasteiger partial charge in [-0.1, -0.05) is 26.5 Å². The van der Waals surface area contributed by atoms with Crippen molar-refractivity contribution in [3.63, 3.8) is 0 Å². The summed E-state index contributed by atoms with van der Waals surface area (Å²) in [6, 6.07) is 0.0849. The molecule has 15 heavy (non-hydrogen) atoms. The van der Waals surface area contributed by atoms with E-state index >= 15 is 0 Å². The Hall–Kier alpha value is -1.47. The Morgan fingerprint density at radius 1 is 1.80 bits per heavy atom. The second-order valence-corrected chi connectivity index (χ2v) is 3.87. The topological polar surface area (TPSA) is 29.5 Å². The Morgan fingerprint density at radius 2 is 2.47 bits per heavy atom. The smallest absolute Gasteiger partial charge is 0.414 e. The highest BCUT2D eigenvalue weighted by Gasteiger charge is 2.36. The molecule has 0 radical (unpaired) electrons. The Morgan fingerprint density at radius 3 is 2.93 bits per heavy atom. The van der Waals surface area contributed by atoms with E-state index in [2.05, 4.69) is 32.7 Å². The maximum atomic E-state index is 11.5. The van der Waals surface area contributed by atoms with Crippen molar-refractivity contribution in [1.29, 1.82) is 0 Å². The largest absolute Gasteiger partial charge is 0.447 e. The van der Waals surface area contributed by atoms with Crippen LogP contribution in [0.3, 0.4) is 0 Å². The van der Waals surface area contributed by atoms with E-state index in [0.29, 0.717) is 18.9 Å². The van der Waals surface area contributed by atoms with Gasteiger partial charge in [0.25, 0.3) is 0 Å². The zero-order valence-corrected chi connectivity index (χ0v) is 9.32. The first-order valence-electron chi connectivity index (χ1n) is 5.07. The number of rotatable bonds is 4. The first-order valence-corrected chi connectivity index (χ1v) is 5.07. The minimum absolute atomic E-state index is 0.0849. The molecule has 0 saturated carbocycles. The Balaban J connectivity index is 2.93.